The van der Waals surface area contributed by atoms with Gasteiger partial charge in [-0.25, -0.2) is 0 Å². The van der Waals surface area contributed by atoms with E-state index in [4.69, 9.17) is 32.8 Å². The van der Waals surface area contributed by atoms with Gasteiger partial charge >= 0.3 is 0 Å². The van der Waals surface area contributed by atoms with Gasteiger partial charge in [0.15, 0.2) is 0 Å². The van der Waals surface area contributed by atoms with Crippen LogP contribution in [0.25, 0.3) is 0 Å². The summed E-state index contributed by atoms with van der Waals surface area (Å²) >= 11 is 13.9. The van der Waals surface area contributed by atoms with Crippen LogP contribution in [0.3, 0.4) is 0 Å². The Labute approximate surface area is 223 Å². The van der Waals surface area contributed by atoms with Gasteiger partial charge in [-0.3, -0.25) is 4.84 Å². The Morgan fingerprint density at radius 1 is 0.943 bits per heavy atom. The maximum absolute atomic E-state index is 6.66. The molecule has 0 saturated carbocycles. The first-order chi connectivity index (χ1) is 16.9. The van der Waals surface area contributed by atoms with Gasteiger partial charge in [0.25, 0.3) is 0 Å². The van der Waals surface area contributed by atoms with Crippen LogP contribution in [-0.4, -0.2) is 23.1 Å². The van der Waals surface area contributed by atoms with Crippen molar-refractivity contribution >= 4 is 35.0 Å². The Morgan fingerprint density at radius 2 is 1.60 bits per heavy atom. The lowest BCUT2D eigenvalue weighted by molar-refractivity contribution is -0.352. The van der Waals surface area contributed by atoms with Crippen molar-refractivity contribution in [3.8, 4) is 0 Å². The number of thioether (sulfide) groups is 1. The molecule has 0 aromatic heterocycles. The van der Waals surface area contributed by atoms with Crippen molar-refractivity contribution < 1.29 is 9.57 Å². The van der Waals surface area contributed by atoms with E-state index >= 15 is 0 Å². The fourth-order valence-corrected chi connectivity index (χ4v) is 5.14. The second-order valence-corrected chi connectivity index (χ2v) is 11.1. The number of rotatable bonds is 9. The van der Waals surface area contributed by atoms with Crippen molar-refractivity contribution in [3.05, 3.63) is 112 Å². The molecule has 6 heteroatoms. The molecule has 0 radical (unpaired) electrons. The zero-order valence-electron chi connectivity index (χ0n) is 20.1. The molecule has 2 atom stereocenters. The molecule has 1 fully saturated rings. The molecular formula is C29H31Cl2NO2S. The summed E-state index contributed by atoms with van der Waals surface area (Å²) in [6, 6.07) is 26.2. The first kappa shape index (κ1) is 26.3. The van der Waals surface area contributed by atoms with Gasteiger partial charge in [0, 0.05) is 33.2 Å². The van der Waals surface area contributed by atoms with Crippen molar-refractivity contribution in [2.24, 2.45) is 5.92 Å². The zero-order chi connectivity index (χ0) is 24.7. The molecule has 1 aliphatic heterocycles. The maximum Gasteiger partial charge on any atom is 0.139 e. The first-order valence-corrected chi connectivity index (χ1v) is 13.6. The molecule has 4 rings (SSSR count). The number of hydroxylamine groups is 2. The normalized spacial score (nSPS) is 20.3. The van der Waals surface area contributed by atoms with E-state index in [-0.39, 0.29) is 12.0 Å². The van der Waals surface area contributed by atoms with E-state index in [1.165, 1.54) is 4.90 Å². The van der Waals surface area contributed by atoms with Crippen molar-refractivity contribution in [1.29, 1.82) is 0 Å². The van der Waals surface area contributed by atoms with E-state index in [0.717, 1.165) is 39.9 Å². The molecule has 0 amide bonds. The summed E-state index contributed by atoms with van der Waals surface area (Å²) in [5.41, 5.74) is 1.71. The number of hydrogen-bond acceptors (Lipinski definition) is 4. The SMILES string of the molecule is CC1(C)O[C@H](c2ccc(Cl)cc2)[C@H](C/C=C/CSc2ccc(Cl)cc2)CN1OCc1ccccc1. The standard InChI is InChI=1S/C29H31Cl2NO2S/c1-29(2)32(33-21-22-8-4-3-5-9-22)20-24(28(34-29)23-11-13-25(30)14-12-23)10-6-7-19-35-27-17-15-26(31)16-18-27/h3-9,11-18,24,28H,10,19-21H2,1-2H3/b7-6+/t24-,28-/m1/s1. The Bertz CT molecular complexity index is 1090. The monoisotopic (exact) mass is 527 g/mol. The minimum atomic E-state index is -0.566. The molecule has 35 heavy (non-hydrogen) atoms. The quantitative estimate of drug-likeness (QED) is 0.205. The number of ether oxygens (including phenoxy) is 1. The fraction of sp³-hybridized carbons (Fsp3) is 0.310. The third-order valence-corrected chi connectivity index (χ3v) is 7.51. The number of allylic oxidation sites excluding steroid dienone is 1. The smallest absolute Gasteiger partial charge is 0.139 e. The summed E-state index contributed by atoms with van der Waals surface area (Å²) in [5.74, 6) is 1.14. The summed E-state index contributed by atoms with van der Waals surface area (Å²) in [6.45, 7) is 5.41. The van der Waals surface area contributed by atoms with E-state index in [1.54, 1.807) is 11.8 Å². The minimum Gasteiger partial charge on any atom is -0.351 e. The highest BCUT2D eigenvalue weighted by molar-refractivity contribution is 7.99. The van der Waals surface area contributed by atoms with Crippen LogP contribution in [-0.2, 0) is 16.2 Å². The van der Waals surface area contributed by atoms with Crippen LogP contribution in [0.4, 0.5) is 0 Å². The Balaban J connectivity index is 1.43. The van der Waals surface area contributed by atoms with Gasteiger partial charge in [0.2, 0.25) is 0 Å². The Morgan fingerprint density at radius 3 is 2.29 bits per heavy atom. The van der Waals surface area contributed by atoms with E-state index in [1.807, 2.05) is 47.5 Å². The van der Waals surface area contributed by atoms with Gasteiger partial charge < -0.3 is 4.74 Å². The average molecular weight is 529 g/mol. The lowest BCUT2D eigenvalue weighted by Gasteiger charge is -2.48. The Hall–Kier alpha value is -1.79. The van der Waals surface area contributed by atoms with E-state index < -0.39 is 5.72 Å². The molecule has 0 spiro atoms. The molecule has 3 aromatic carbocycles. The lowest BCUT2D eigenvalue weighted by Crippen LogP contribution is -2.54. The molecule has 1 heterocycles. The highest BCUT2D eigenvalue weighted by Gasteiger charge is 2.42. The molecular weight excluding hydrogens is 497 g/mol. The fourth-order valence-electron chi connectivity index (χ4n) is 4.13. The van der Waals surface area contributed by atoms with E-state index in [9.17, 15) is 0 Å². The number of benzene rings is 3. The molecule has 0 aliphatic carbocycles. The van der Waals surface area contributed by atoms with Crippen LogP contribution in [0.1, 0.15) is 37.5 Å². The molecule has 3 aromatic rings. The number of halogens is 2. The van der Waals surface area contributed by atoms with Crippen LogP contribution in [0.2, 0.25) is 10.0 Å². The van der Waals surface area contributed by atoms with Crippen LogP contribution in [0.15, 0.2) is 95.9 Å². The van der Waals surface area contributed by atoms with Crippen molar-refractivity contribution in [3.63, 3.8) is 0 Å². The first-order valence-electron chi connectivity index (χ1n) is 11.8. The van der Waals surface area contributed by atoms with E-state index in [2.05, 4.69) is 62.4 Å². The predicted molar refractivity (Wildman–Crippen MR) is 147 cm³/mol. The summed E-state index contributed by atoms with van der Waals surface area (Å²) in [7, 11) is 0. The lowest BCUT2D eigenvalue weighted by atomic mass is 9.89. The van der Waals surface area contributed by atoms with Crippen LogP contribution < -0.4 is 0 Å². The van der Waals surface area contributed by atoms with Gasteiger partial charge in [0.05, 0.1) is 12.7 Å². The summed E-state index contributed by atoms with van der Waals surface area (Å²) < 4.78 is 6.66. The minimum absolute atomic E-state index is 0.0487. The van der Waals surface area contributed by atoms with Crippen molar-refractivity contribution in [1.82, 2.24) is 5.06 Å². The van der Waals surface area contributed by atoms with Gasteiger partial charge in [-0.15, -0.1) is 11.8 Å². The summed E-state index contributed by atoms with van der Waals surface area (Å²) in [5, 5.41) is 3.48. The molecule has 0 N–H and O–H groups in total. The molecule has 3 nitrogen and oxygen atoms in total. The molecule has 1 saturated heterocycles. The highest BCUT2D eigenvalue weighted by atomic mass is 35.5. The Kier molecular flexibility index (Phi) is 9.34. The second-order valence-electron chi connectivity index (χ2n) is 9.09. The molecule has 184 valence electrons. The summed E-state index contributed by atoms with van der Waals surface area (Å²) in [6.07, 6.45) is 5.32. The van der Waals surface area contributed by atoms with Crippen LogP contribution >= 0.6 is 35.0 Å². The molecule has 0 unspecified atom stereocenters. The predicted octanol–water partition coefficient (Wildman–Crippen LogP) is 8.59. The third kappa shape index (κ3) is 7.60. The zero-order valence-corrected chi connectivity index (χ0v) is 22.4. The number of nitrogens with zero attached hydrogens (tertiary/aromatic N) is 1. The maximum atomic E-state index is 6.66. The van der Waals surface area contributed by atoms with Crippen molar-refractivity contribution in [2.75, 3.05) is 12.3 Å². The number of hydrogen-bond donors (Lipinski definition) is 0. The molecule has 1 aliphatic rings. The van der Waals surface area contributed by atoms with Gasteiger partial charge in [0.1, 0.15) is 5.72 Å². The van der Waals surface area contributed by atoms with Gasteiger partial charge in [-0.1, -0.05) is 77.8 Å². The van der Waals surface area contributed by atoms with Crippen LogP contribution in [0.5, 0.6) is 0 Å². The highest BCUT2D eigenvalue weighted by Crippen LogP contribution is 2.41. The average Bonchev–Trinajstić information content (AvgIpc) is 2.85. The largest absolute Gasteiger partial charge is 0.351 e. The van der Waals surface area contributed by atoms with Gasteiger partial charge in [-0.05, 0) is 67.8 Å². The topological polar surface area (TPSA) is 21.7 Å². The van der Waals surface area contributed by atoms with Gasteiger partial charge in [-0.2, -0.15) is 5.06 Å². The van der Waals surface area contributed by atoms with E-state index in [0.29, 0.717) is 6.61 Å². The second kappa shape index (κ2) is 12.4. The van der Waals surface area contributed by atoms with Crippen LogP contribution in [0, 0.1) is 5.92 Å². The molecule has 0 bridgehead atoms. The third-order valence-electron chi connectivity index (χ3n) is 6.04. The van der Waals surface area contributed by atoms with Crippen molar-refractivity contribution in [2.45, 2.75) is 43.6 Å². The summed E-state index contributed by atoms with van der Waals surface area (Å²) in [4.78, 5) is 7.47.